The second kappa shape index (κ2) is 8.98. The summed E-state index contributed by atoms with van der Waals surface area (Å²) in [6, 6.07) is 6.92. The van der Waals surface area contributed by atoms with Crippen LogP contribution in [0.15, 0.2) is 41.8 Å². The van der Waals surface area contributed by atoms with Gasteiger partial charge < -0.3 is 10.2 Å². The Labute approximate surface area is 163 Å². The molecule has 0 saturated carbocycles. The Morgan fingerprint density at radius 3 is 2.50 bits per heavy atom. The molecule has 0 aromatic heterocycles. The van der Waals surface area contributed by atoms with Crippen LogP contribution in [0.2, 0.25) is 0 Å². The van der Waals surface area contributed by atoms with Gasteiger partial charge in [0.15, 0.2) is 9.84 Å². The molecule has 1 N–H and O–H groups in total. The summed E-state index contributed by atoms with van der Waals surface area (Å²) in [6.45, 7) is 1.75. The highest BCUT2D eigenvalue weighted by Crippen LogP contribution is 2.42. The highest BCUT2D eigenvalue weighted by Gasteiger charge is 2.45. The van der Waals surface area contributed by atoms with Crippen LogP contribution in [-0.2, 0) is 9.84 Å². The third-order valence-electron chi connectivity index (χ3n) is 4.82. The molecule has 1 aromatic rings. The summed E-state index contributed by atoms with van der Waals surface area (Å²) in [7, 11) is -3.34. The van der Waals surface area contributed by atoms with Crippen molar-refractivity contribution in [3.63, 3.8) is 0 Å². The highest BCUT2D eigenvalue weighted by atomic mass is 32.2. The molecule has 1 unspecified atom stereocenters. The van der Waals surface area contributed by atoms with Crippen molar-refractivity contribution in [1.29, 1.82) is 0 Å². The largest absolute Gasteiger partial charge is 0.391 e. The standard InChI is InChI=1S/C19H25F3N2O3S/c1-3-16(10-12-28(2,26)27)23-18(25)24-11-9-15(19(20,21)22)13-17(24)14-7-5-4-6-8-14/h4-8,10,12,15-17H,3,9,11,13H2,1-2H3,(H,23,25)/b12-10+/t15-,16?,17+/m0/s1. The molecule has 0 radical (unpaired) electrons. The van der Waals surface area contributed by atoms with Gasteiger partial charge in [0.05, 0.1) is 12.0 Å². The van der Waals surface area contributed by atoms with Crippen LogP contribution >= 0.6 is 0 Å². The first kappa shape index (κ1) is 22.3. The molecule has 156 valence electrons. The van der Waals surface area contributed by atoms with Crippen LogP contribution < -0.4 is 5.32 Å². The number of hydrogen-bond donors (Lipinski definition) is 1. The van der Waals surface area contributed by atoms with E-state index in [1.54, 1.807) is 37.3 Å². The van der Waals surface area contributed by atoms with Gasteiger partial charge >= 0.3 is 12.2 Å². The molecule has 2 rings (SSSR count). The number of sulfone groups is 1. The first-order valence-electron chi connectivity index (χ1n) is 9.08. The monoisotopic (exact) mass is 418 g/mol. The summed E-state index contributed by atoms with van der Waals surface area (Å²) < 4.78 is 62.3. The Hall–Kier alpha value is -2.03. The molecule has 1 aromatic carbocycles. The molecular weight excluding hydrogens is 393 g/mol. The molecule has 1 saturated heterocycles. The number of carbonyl (C=O) groups excluding carboxylic acids is 1. The Bertz CT molecular complexity index is 794. The van der Waals surface area contributed by atoms with Gasteiger partial charge in [-0.1, -0.05) is 43.3 Å². The number of urea groups is 1. The van der Waals surface area contributed by atoms with E-state index in [-0.39, 0.29) is 19.4 Å². The summed E-state index contributed by atoms with van der Waals surface area (Å²) in [4.78, 5) is 14.2. The summed E-state index contributed by atoms with van der Waals surface area (Å²) in [5, 5.41) is 3.74. The van der Waals surface area contributed by atoms with Gasteiger partial charge in [-0.15, -0.1) is 0 Å². The molecule has 0 bridgehead atoms. The molecule has 1 aliphatic heterocycles. The second-order valence-electron chi connectivity index (χ2n) is 7.01. The minimum Gasteiger partial charge on any atom is -0.332 e. The van der Waals surface area contributed by atoms with Crippen LogP contribution in [0.3, 0.4) is 0 Å². The molecule has 9 heteroatoms. The maximum Gasteiger partial charge on any atom is 0.391 e. The Kier molecular flexibility index (Phi) is 7.14. The third kappa shape index (κ3) is 6.25. The Morgan fingerprint density at radius 1 is 1.32 bits per heavy atom. The minimum atomic E-state index is -4.31. The van der Waals surface area contributed by atoms with Gasteiger partial charge in [-0.05, 0) is 24.8 Å². The van der Waals surface area contributed by atoms with Crippen molar-refractivity contribution in [2.24, 2.45) is 5.92 Å². The van der Waals surface area contributed by atoms with Gasteiger partial charge in [0.2, 0.25) is 0 Å². The smallest absolute Gasteiger partial charge is 0.332 e. The average molecular weight is 418 g/mol. The number of benzene rings is 1. The van der Waals surface area contributed by atoms with Crippen LogP contribution in [0, 0.1) is 5.92 Å². The summed E-state index contributed by atoms with van der Waals surface area (Å²) in [5.74, 6) is -1.46. The molecule has 0 spiro atoms. The summed E-state index contributed by atoms with van der Waals surface area (Å²) in [5.41, 5.74) is 0.645. The predicted molar refractivity (Wildman–Crippen MR) is 101 cm³/mol. The van der Waals surface area contributed by atoms with E-state index >= 15 is 0 Å². The average Bonchev–Trinajstić information content (AvgIpc) is 2.63. The fourth-order valence-electron chi connectivity index (χ4n) is 3.26. The normalized spacial score (nSPS) is 22.2. The lowest BCUT2D eigenvalue weighted by atomic mass is 9.87. The van der Waals surface area contributed by atoms with E-state index in [0.29, 0.717) is 12.0 Å². The van der Waals surface area contributed by atoms with Crippen LogP contribution in [0.1, 0.15) is 37.8 Å². The number of nitrogens with one attached hydrogen (secondary N) is 1. The Morgan fingerprint density at radius 2 is 1.96 bits per heavy atom. The predicted octanol–water partition coefficient (Wildman–Crippen LogP) is 4.05. The highest BCUT2D eigenvalue weighted by molar-refractivity contribution is 7.93. The third-order valence-corrected chi connectivity index (χ3v) is 5.47. The summed E-state index contributed by atoms with van der Waals surface area (Å²) >= 11 is 0. The number of halogens is 3. The number of hydrogen-bond acceptors (Lipinski definition) is 3. The molecule has 0 aliphatic carbocycles. The van der Waals surface area contributed by atoms with E-state index in [1.807, 2.05) is 0 Å². The van der Waals surface area contributed by atoms with E-state index in [4.69, 9.17) is 0 Å². The molecule has 1 aliphatic rings. The number of amides is 2. The lowest BCUT2D eigenvalue weighted by Crippen LogP contribution is -2.50. The van der Waals surface area contributed by atoms with Crippen molar-refractivity contribution < 1.29 is 26.4 Å². The lowest BCUT2D eigenvalue weighted by molar-refractivity contribution is -0.188. The van der Waals surface area contributed by atoms with E-state index in [1.165, 1.54) is 11.0 Å². The molecule has 2 amide bonds. The van der Waals surface area contributed by atoms with Gasteiger partial charge in [0.1, 0.15) is 0 Å². The number of piperidine rings is 1. The molecule has 1 fully saturated rings. The van der Waals surface area contributed by atoms with Crippen LogP contribution in [0.25, 0.3) is 0 Å². The number of carbonyl (C=O) groups is 1. The van der Waals surface area contributed by atoms with Crippen molar-refractivity contribution in [3.8, 4) is 0 Å². The van der Waals surface area contributed by atoms with E-state index in [0.717, 1.165) is 11.7 Å². The maximum atomic E-state index is 13.3. The van der Waals surface area contributed by atoms with Crippen molar-refractivity contribution in [2.75, 3.05) is 12.8 Å². The quantitative estimate of drug-likeness (QED) is 0.785. The van der Waals surface area contributed by atoms with E-state index in [9.17, 15) is 26.4 Å². The van der Waals surface area contributed by atoms with Crippen molar-refractivity contribution in [3.05, 3.63) is 47.4 Å². The molecule has 5 nitrogen and oxygen atoms in total. The minimum absolute atomic E-state index is 0.0260. The van der Waals surface area contributed by atoms with E-state index < -0.39 is 40.0 Å². The van der Waals surface area contributed by atoms with Gasteiger partial charge in [-0.25, -0.2) is 13.2 Å². The lowest BCUT2D eigenvalue weighted by Gasteiger charge is -2.40. The zero-order valence-corrected chi connectivity index (χ0v) is 16.6. The zero-order chi connectivity index (χ0) is 20.9. The van der Waals surface area contributed by atoms with Gasteiger partial charge in [0.25, 0.3) is 0 Å². The first-order valence-corrected chi connectivity index (χ1v) is 11.0. The fraction of sp³-hybridized carbons (Fsp3) is 0.526. The van der Waals surface area contributed by atoms with E-state index in [2.05, 4.69) is 5.32 Å². The van der Waals surface area contributed by atoms with Crippen LogP contribution in [-0.4, -0.2) is 44.4 Å². The number of rotatable bonds is 5. The van der Waals surface area contributed by atoms with Crippen molar-refractivity contribution >= 4 is 15.9 Å². The zero-order valence-electron chi connectivity index (χ0n) is 15.8. The Balaban J connectivity index is 2.21. The topological polar surface area (TPSA) is 66.5 Å². The van der Waals surface area contributed by atoms with Crippen LogP contribution in [0.5, 0.6) is 0 Å². The summed E-state index contributed by atoms with van der Waals surface area (Å²) in [6.07, 6.45) is -1.78. The SMILES string of the molecule is CCC(/C=C/S(C)(=O)=O)NC(=O)N1CC[C@H](C(F)(F)F)C[C@@H]1c1ccccc1. The second-order valence-corrected chi connectivity index (χ2v) is 8.94. The van der Waals surface area contributed by atoms with Gasteiger partial charge in [0, 0.05) is 24.3 Å². The first-order chi connectivity index (χ1) is 13.0. The van der Waals surface area contributed by atoms with Crippen molar-refractivity contribution in [2.45, 2.75) is 44.4 Å². The number of nitrogens with zero attached hydrogens (tertiary/aromatic N) is 1. The molecule has 3 atom stereocenters. The molecular formula is C19H25F3N2O3S. The van der Waals surface area contributed by atoms with Gasteiger partial charge in [-0.3, -0.25) is 0 Å². The number of likely N-dealkylation sites (tertiary alicyclic amines) is 1. The maximum absolute atomic E-state index is 13.3. The molecule has 1 heterocycles. The fourth-order valence-corrected chi connectivity index (χ4v) is 3.74. The molecule has 28 heavy (non-hydrogen) atoms. The number of alkyl halides is 3. The van der Waals surface area contributed by atoms with Crippen LogP contribution in [0.4, 0.5) is 18.0 Å². The van der Waals surface area contributed by atoms with Gasteiger partial charge in [-0.2, -0.15) is 13.2 Å². The van der Waals surface area contributed by atoms with Crippen molar-refractivity contribution in [1.82, 2.24) is 10.2 Å².